The summed E-state index contributed by atoms with van der Waals surface area (Å²) in [5.74, 6) is 1.64. The Bertz CT molecular complexity index is 1260. The van der Waals surface area contributed by atoms with Gasteiger partial charge < -0.3 is 30.1 Å². The van der Waals surface area contributed by atoms with Crippen LogP contribution in [0.2, 0.25) is 0 Å². The molecule has 9 heteroatoms. The molecule has 1 saturated heterocycles. The number of H-pyrrole nitrogens is 1. The Morgan fingerprint density at radius 1 is 1.21 bits per heavy atom. The van der Waals surface area contributed by atoms with E-state index >= 15 is 0 Å². The van der Waals surface area contributed by atoms with Gasteiger partial charge in [0.05, 0.1) is 25.4 Å². The molecule has 0 radical (unpaired) electrons. The predicted octanol–water partition coefficient (Wildman–Crippen LogP) is 3.43. The van der Waals surface area contributed by atoms with Gasteiger partial charge in [0.15, 0.2) is 5.75 Å². The van der Waals surface area contributed by atoms with Gasteiger partial charge in [-0.3, -0.25) is 0 Å². The first kappa shape index (κ1) is 23.4. The van der Waals surface area contributed by atoms with Crippen LogP contribution in [0.5, 0.6) is 11.6 Å². The number of hydrogen-bond donors (Lipinski definition) is 3. The Kier molecular flexibility index (Phi) is 6.78. The fraction of sp³-hybridized carbons (Fsp3) is 0.417. The van der Waals surface area contributed by atoms with Crippen LogP contribution in [0.25, 0.3) is 33.3 Å². The Morgan fingerprint density at radius 2 is 2.00 bits per heavy atom. The minimum absolute atomic E-state index is 0. The van der Waals surface area contributed by atoms with Gasteiger partial charge in [-0.15, -0.1) is 12.4 Å². The summed E-state index contributed by atoms with van der Waals surface area (Å²) in [6.07, 6.45) is 7.06. The fourth-order valence-electron chi connectivity index (χ4n) is 4.85. The largest absolute Gasteiger partial charge is 0.491 e. The fourth-order valence-corrected chi connectivity index (χ4v) is 4.85. The normalized spacial score (nSPS) is 15.5. The lowest BCUT2D eigenvalue weighted by Gasteiger charge is -2.28. The standard InChI is InChI=1S/C24H30N6O2.ClH/c1-30-13-17(22-20(30)12-21(31-2)24(29-22)32-3)19-11-16-15(6-9-27-23(16)28-19)10-18(25)14-4-7-26-8-5-14;/h6,9,11-14,18,26H,4-5,7-8,10,25H2,1-3H3,(H,27,28);1H. The molecule has 4 aromatic heterocycles. The third-order valence-corrected chi connectivity index (χ3v) is 6.66. The Labute approximate surface area is 199 Å². The molecule has 0 spiro atoms. The monoisotopic (exact) mass is 470 g/mol. The van der Waals surface area contributed by atoms with Crippen molar-refractivity contribution in [3.63, 3.8) is 0 Å². The van der Waals surface area contributed by atoms with Gasteiger partial charge >= 0.3 is 0 Å². The number of aryl methyl sites for hydroxylation is 1. The van der Waals surface area contributed by atoms with Gasteiger partial charge in [0.25, 0.3) is 5.88 Å². The molecule has 1 unspecified atom stereocenters. The van der Waals surface area contributed by atoms with Crippen LogP contribution < -0.4 is 20.5 Å². The minimum Gasteiger partial charge on any atom is -0.491 e. The van der Waals surface area contributed by atoms with E-state index in [1.54, 1.807) is 14.2 Å². The van der Waals surface area contributed by atoms with Crippen LogP contribution in [0.3, 0.4) is 0 Å². The number of methoxy groups -OCH3 is 2. The second-order valence-electron chi connectivity index (χ2n) is 8.59. The number of nitrogens with one attached hydrogen (secondary N) is 2. The maximum absolute atomic E-state index is 6.63. The highest BCUT2D eigenvalue weighted by Gasteiger charge is 2.22. The van der Waals surface area contributed by atoms with E-state index in [2.05, 4.69) is 33.6 Å². The number of fused-ring (bicyclic) bond motifs is 2. The van der Waals surface area contributed by atoms with Crippen LogP contribution >= 0.6 is 12.4 Å². The van der Waals surface area contributed by atoms with E-state index < -0.39 is 0 Å². The Balaban J connectivity index is 0.00000259. The number of nitrogens with zero attached hydrogens (tertiary/aromatic N) is 3. The van der Waals surface area contributed by atoms with Crippen LogP contribution in [0.15, 0.2) is 30.6 Å². The van der Waals surface area contributed by atoms with Gasteiger partial charge in [-0.1, -0.05) is 0 Å². The first-order valence-electron chi connectivity index (χ1n) is 11.1. The van der Waals surface area contributed by atoms with E-state index in [1.165, 1.54) is 5.56 Å². The quantitative estimate of drug-likeness (QED) is 0.399. The van der Waals surface area contributed by atoms with Crippen molar-refractivity contribution in [2.45, 2.75) is 25.3 Å². The summed E-state index contributed by atoms with van der Waals surface area (Å²) >= 11 is 0. The van der Waals surface area contributed by atoms with Crippen LogP contribution in [0, 0.1) is 5.92 Å². The van der Waals surface area contributed by atoms with Gasteiger partial charge in [0.1, 0.15) is 11.2 Å². The zero-order valence-corrected chi connectivity index (χ0v) is 20.0. The average molecular weight is 471 g/mol. The Hall–Kier alpha value is -2.81. The highest BCUT2D eigenvalue weighted by Crippen LogP contribution is 2.36. The molecule has 0 bridgehead atoms. The maximum atomic E-state index is 6.63. The van der Waals surface area contributed by atoms with E-state index in [4.69, 9.17) is 20.2 Å². The van der Waals surface area contributed by atoms with Crippen molar-refractivity contribution >= 4 is 34.5 Å². The molecule has 0 saturated carbocycles. The topological polar surface area (TPSA) is 103 Å². The molecular weight excluding hydrogens is 440 g/mol. The highest BCUT2D eigenvalue weighted by atomic mass is 35.5. The molecule has 1 aliphatic rings. The zero-order chi connectivity index (χ0) is 22.2. The molecule has 176 valence electrons. The van der Waals surface area contributed by atoms with Gasteiger partial charge in [0, 0.05) is 42.5 Å². The van der Waals surface area contributed by atoms with Crippen molar-refractivity contribution in [1.82, 2.24) is 24.8 Å². The number of nitrogens with two attached hydrogens (primary N) is 1. The third-order valence-electron chi connectivity index (χ3n) is 6.66. The number of hydrogen-bond acceptors (Lipinski definition) is 6. The lowest BCUT2D eigenvalue weighted by molar-refractivity contribution is 0.317. The molecule has 0 amide bonds. The van der Waals surface area contributed by atoms with E-state index in [0.717, 1.165) is 65.7 Å². The van der Waals surface area contributed by atoms with Crippen molar-refractivity contribution in [2.24, 2.45) is 18.7 Å². The molecule has 4 N–H and O–H groups in total. The number of rotatable bonds is 6. The predicted molar refractivity (Wildman–Crippen MR) is 133 cm³/mol. The number of ether oxygens (including phenoxy) is 2. The third kappa shape index (κ3) is 4.26. The zero-order valence-electron chi connectivity index (χ0n) is 19.2. The molecule has 1 fully saturated rings. The van der Waals surface area contributed by atoms with Crippen molar-refractivity contribution in [1.29, 1.82) is 0 Å². The summed E-state index contributed by atoms with van der Waals surface area (Å²) in [6.45, 7) is 2.11. The van der Waals surface area contributed by atoms with Crippen molar-refractivity contribution in [3.8, 4) is 22.9 Å². The maximum Gasteiger partial charge on any atom is 0.257 e. The first-order chi connectivity index (χ1) is 15.6. The highest BCUT2D eigenvalue weighted by molar-refractivity contribution is 5.96. The molecule has 5 heterocycles. The lowest BCUT2D eigenvalue weighted by atomic mass is 9.87. The van der Waals surface area contributed by atoms with E-state index in [-0.39, 0.29) is 18.4 Å². The summed E-state index contributed by atoms with van der Waals surface area (Å²) < 4.78 is 12.9. The van der Waals surface area contributed by atoms with Crippen LogP contribution in [-0.2, 0) is 13.5 Å². The van der Waals surface area contributed by atoms with Crippen LogP contribution in [0.4, 0.5) is 0 Å². The molecule has 5 rings (SSSR count). The smallest absolute Gasteiger partial charge is 0.257 e. The average Bonchev–Trinajstić information content (AvgIpc) is 3.40. The van der Waals surface area contributed by atoms with Gasteiger partial charge in [-0.2, -0.15) is 0 Å². The van der Waals surface area contributed by atoms with Crippen molar-refractivity contribution in [2.75, 3.05) is 27.3 Å². The van der Waals surface area contributed by atoms with Crippen LogP contribution in [0.1, 0.15) is 18.4 Å². The van der Waals surface area contributed by atoms with Crippen LogP contribution in [-0.4, -0.2) is 52.9 Å². The van der Waals surface area contributed by atoms with E-state index in [0.29, 0.717) is 17.5 Å². The SMILES string of the molecule is COc1cc2c(nc1OC)c(-c1cc3c(CC(N)C4CCNCC4)ccnc3[nH]1)cn2C.Cl. The summed E-state index contributed by atoms with van der Waals surface area (Å²) in [5, 5.41) is 4.54. The molecule has 0 aliphatic carbocycles. The van der Waals surface area contributed by atoms with Gasteiger partial charge in [0.2, 0.25) is 0 Å². The van der Waals surface area contributed by atoms with Crippen molar-refractivity contribution < 1.29 is 9.47 Å². The molecule has 1 atom stereocenters. The number of pyridine rings is 2. The minimum atomic E-state index is 0. The Morgan fingerprint density at radius 3 is 2.73 bits per heavy atom. The van der Waals surface area contributed by atoms with Crippen molar-refractivity contribution in [3.05, 3.63) is 36.2 Å². The molecular formula is C24H31ClN6O2. The second-order valence-corrected chi connectivity index (χ2v) is 8.59. The summed E-state index contributed by atoms with van der Waals surface area (Å²) in [5.41, 5.74) is 12.5. The first-order valence-corrected chi connectivity index (χ1v) is 11.1. The number of halogens is 1. The molecule has 1 aliphatic heterocycles. The second kappa shape index (κ2) is 9.59. The molecule has 0 aromatic carbocycles. The molecule has 8 nitrogen and oxygen atoms in total. The van der Waals surface area contributed by atoms with Gasteiger partial charge in [-0.25, -0.2) is 9.97 Å². The van der Waals surface area contributed by atoms with E-state index in [1.807, 2.05) is 23.9 Å². The molecule has 4 aromatic rings. The number of aromatic amines is 1. The lowest BCUT2D eigenvalue weighted by Crippen LogP contribution is -2.39. The van der Waals surface area contributed by atoms with Gasteiger partial charge in [-0.05, 0) is 56.0 Å². The summed E-state index contributed by atoms with van der Waals surface area (Å²) in [7, 11) is 5.22. The summed E-state index contributed by atoms with van der Waals surface area (Å²) in [4.78, 5) is 12.8. The molecule has 33 heavy (non-hydrogen) atoms. The van der Waals surface area contributed by atoms with E-state index in [9.17, 15) is 0 Å². The summed E-state index contributed by atoms with van der Waals surface area (Å²) in [6, 6.07) is 6.36. The number of aromatic nitrogens is 4. The number of piperidine rings is 1.